The molecule has 5 aromatic rings. The first kappa shape index (κ1) is 22.7. The number of hydrogen-bond acceptors (Lipinski definition) is 6. The third-order valence-corrected chi connectivity index (χ3v) is 8.78. The van der Waals surface area contributed by atoms with Gasteiger partial charge in [-0.25, -0.2) is 15.0 Å². The highest BCUT2D eigenvalue weighted by molar-refractivity contribution is 8.00. The van der Waals surface area contributed by atoms with Crippen LogP contribution < -0.4 is 5.32 Å². The molecule has 1 aliphatic rings. The Balaban J connectivity index is 1.34. The first-order chi connectivity index (χ1) is 17.1. The van der Waals surface area contributed by atoms with Crippen molar-refractivity contribution in [1.29, 1.82) is 0 Å². The van der Waals surface area contributed by atoms with Crippen molar-refractivity contribution in [2.45, 2.75) is 24.3 Å². The van der Waals surface area contributed by atoms with E-state index in [-0.39, 0.29) is 11.7 Å². The quantitative estimate of drug-likeness (QED) is 0.187. The Bertz CT molecular complexity index is 1600. The van der Waals surface area contributed by atoms with Gasteiger partial charge in [-0.3, -0.25) is 4.79 Å². The van der Waals surface area contributed by atoms with Crippen LogP contribution >= 0.6 is 46.3 Å². The van der Waals surface area contributed by atoms with Crippen LogP contribution in [0.25, 0.3) is 31.7 Å². The molecule has 35 heavy (non-hydrogen) atoms. The highest BCUT2D eigenvalue weighted by Crippen LogP contribution is 2.43. The average Bonchev–Trinajstić information content (AvgIpc) is 3.49. The zero-order valence-corrected chi connectivity index (χ0v) is 21.5. The number of thiophene rings is 1. The summed E-state index contributed by atoms with van der Waals surface area (Å²) < 4.78 is 0.969. The van der Waals surface area contributed by atoms with E-state index in [9.17, 15) is 4.79 Å². The lowest BCUT2D eigenvalue weighted by Gasteiger charge is -2.09. The SMILES string of the molecule is O=C(CSc1ncnc2c1sc1nc(-c3ccccc3)c3c(c12)CCC3)Nc1ccc(Cl)cc1Cl. The van der Waals surface area contributed by atoms with Gasteiger partial charge in [0.25, 0.3) is 0 Å². The Morgan fingerprint density at radius 2 is 1.89 bits per heavy atom. The summed E-state index contributed by atoms with van der Waals surface area (Å²) in [4.78, 5) is 27.8. The van der Waals surface area contributed by atoms with Crippen LogP contribution in [0.4, 0.5) is 5.69 Å². The number of halogens is 2. The van der Waals surface area contributed by atoms with Gasteiger partial charge in [0.1, 0.15) is 16.2 Å². The summed E-state index contributed by atoms with van der Waals surface area (Å²) in [6.07, 6.45) is 4.75. The second-order valence-electron chi connectivity index (χ2n) is 8.24. The molecule has 0 bridgehead atoms. The van der Waals surface area contributed by atoms with Crippen LogP contribution in [0.5, 0.6) is 0 Å². The maximum absolute atomic E-state index is 12.6. The van der Waals surface area contributed by atoms with Crippen molar-refractivity contribution in [2.24, 2.45) is 0 Å². The van der Waals surface area contributed by atoms with E-state index in [0.717, 1.165) is 56.0 Å². The molecule has 6 rings (SSSR count). The van der Waals surface area contributed by atoms with Gasteiger partial charge in [-0.15, -0.1) is 11.3 Å². The highest BCUT2D eigenvalue weighted by atomic mass is 35.5. The third-order valence-electron chi connectivity index (χ3n) is 6.03. The second kappa shape index (κ2) is 9.39. The van der Waals surface area contributed by atoms with Crippen LogP contribution in [-0.4, -0.2) is 26.6 Å². The number of pyridine rings is 1. The Kier molecular flexibility index (Phi) is 6.10. The third kappa shape index (κ3) is 4.27. The number of nitrogens with one attached hydrogen (secondary N) is 1. The second-order valence-corrected chi connectivity index (χ2v) is 11.0. The summed E-state index contributed by atoms with van der Waals surface area (Å²) in [6, 6.07) is 15.4. The fourth-order valence-corrected chi connectivity index (χ4v) is 7.02. The van der Waals surface area contributed by atoms with Crippen molar-refractivity contribution in [3.05, 3.63) is 76.0 Å². The number of carbonyl (C=O) groups excluding carboxylic acids is 1. The predicted octanol–water partition coefficient (Wildman–Crippen LogP) is 7.43. The minimum atomic E-state index is -0.169. The average molecular weight is 537 g/mol. The zero-order chi connectivity index (χ0) is 23.9. The molecule has 0 saturated heterocycles. The van der Waals surface area contributed by atoms with Gasteiger partial charge < -0.3 is 5.32 Å². The molecule has 9 heteroatoms. The largest absolute Gasteiger partial charge is 0.324 e. The van der Waals surface area contributed by atoms with E-state index in [1.165, 1.54) is 22.9 Å². The fourth-order valence-electron chi connectivity index (χ4n) is 4.53. The number of aromatic nitrogens is 3. The number of fused-ring (bicyclic) bond motifs is 5. The van der Waals surface area contributed by atoms with Gasteiger partial charge in [-0.2, -0.15) is 0 Å². The van der Waals surface area contributed by atoms with Crippen molar-refractivity contribution in [3.63, 3.8) is 0 Å². The Hall–Kier alpha value is -2.71. The van der Waals surface area contributed by atoms with E-state index in [1.54, 1.807) is 35.9 Å². The summed E-state index contributed by atoms with van der Waals surface area (Å²) in [5.74, 6) is 0.0256. The molecule has 0 spiro atoms. The molecule has 174 valence electrons. The molecule has 5 nitrogen and oxygen atoms in total. The molecule has 1 amide bonds. The van der Waals surface area contributed by atoms with Crippen LogP contribution in [0.1, 0.15) is 17.5 Å². The van der Waals surface area contributed by atoms with E-state index in [4.69, 9.17) is 28.2 Å². The predicted molar refractivity (Wildman–Crippen MR) is 146 cm³/mol. The van der Waals surface area contributed by atoms with Gasteiger partial charge in [-0.05, 0) is 48.6 Å². The molecule has 0 fully saturated rings. The van der Waals surface area contributed by atoms with Gasteiger partial charge >= 0.3 is 0 Å². The topological polar surface area (TPSA) is 67.8 Å². The van der Waals surface area contributed by atoms with Crippen molar-refractivity contribution < 1.29 is 4.79 Å². The first-order valence-corrected chi connectivity index (χ1v) is 13.7. The highest BCUT2D eigenvalue weighted by Gasteiger charge is 2.25. The molecule has 1 N–H and O–H groups in total. The molecule has 2 aromatic carbocycles. The number of carbonyl (C=O) groups is 1. The van der Waals surface area contributed by atoms with Crippen molar-refractivity contribution in [3.8, 4) is 11.3 Å². The van der Waals surface area contributed by atoms with E-state index in [1.807, 2.05) is 6.07 Å². The standard InChI is InChI=1S/C26H18Cl2N4OS2/c27-15-9-10-19(18(28)11-15)31-20(33)12-34-26-24-23(29-13-30-26)21-16-7-4-8-17(16)22(32-25(21)35-24)14-5-2-1-3-6-14/h1-3,5-6,9-11,13H,4,7-8,12H2,(H,31,33). The lowest BCUT2D eigenvalue weighted by molar-refractivity contribution is -0.113. The molecule has 0 unspecified atom stereocenters. The smallest absolute Gasteiger partial charge is 0.234 e. The lowest BCUT2D eigenvalue weighted by atomic mass is 10.0. The van der Waals surface area contributed by atoms with Crippen LogP contribution in [0.2, 0.25) is 10.0 Å². The number of rotatable bonds is 5. The number of benzene rings is 2. The maximum atomic E-state index is 12.6. The van der Waals surface area contributed by atoms with Crippen molar-refractivity contribution >= 4 is 78.3 Å². The van der Waals surface area contributed by atoms with Crippen LogP contribution in [0.3, 0.4) is 0 Å². The Morgan fingerprint density at radius 1 is 1.06 bits per heavy atom. The Morgan fingerprint density at radius 3 is 2.71 bits per heavy atom. The minimum Gasteiger partial charge on any atom is -0.324 e. The molecule has 1 aliphatic carbocycles. The zero-order valence-electron chi connectivity index (χ0n) is 18.3. The van der Waals surface area contributed by atoms with Crippen molar-refractivity contribution in [1.82, 2.24) is 15.0 Å². The molecule has 3 heterocycles. The molecule has 0 aliphatic heterocycles. The monoisotopic (exact) mass is 536 g/mol. The van der Waals surface area contributed by atoms with Crippen LogP contribution in [0, 0.1) is 0 Å². The lowest BCUT2D eigenvalue weighted by Crippen LogP contribution is -2.14. The summed E-state index contributed by atoms with van der Waals surface area (Å²) in [7, 11) is 0. The number of nitrogens with zero attached hydrogens (tertiary/aromatic N) is 3. The van der Waals surface area contributed by atoms with E-state index < -0.39 is 0 Å². The number of hydrogen-bond donors (Lipinski definition) is 1. The summed E-state index contributed by atoms with van der Waals surface area (Å²) >= 11 is 15.1. The van der Waals surface area contributed by atoms with Gasteiger partial charge in [0.15, 0.2) is 0 Å². The summed E-state index contributed by atoms with van der Waals surface area (Å²) in [6.45, 7) is 0. The van der Waals surface area contributed by atoms with E-state index >= 15 is 0 Å². The fraction of sp³-hybridized carbons (Fsp3) is 0.154. The maximum Gasteiger partial charge on any atom is 0.234 e. The normalized spacial score (nSPS) is 12.9. The Labute approximate surface area is 219 Å². The number of amides is 1. The van der Waals surface area contributed by atoms with Crippen LogP contribution in [0.15, 0.2) is 59.9 Å². The molecule has 0 saturated carbocycles. The van der Waals surface area contributed by atoms with Gasteiger partial charge in [0, 0.05) is 16.0 Å². The number of thioether (sulfide) groups is 1. The summed E-state index contributed by atoms with van der Waals surface area (Å²) in [5.41, 5.74) is 6.35. The molecular weight excluding hydrogens is 519 g/mol. The number of anilines is 1. The molecule has 0 atom stereocenters. The first-order valence-electron chi connectivity index (χ1n) is 11.1. The van der Waals surface area contributed by atoms with E-state index in [2.05, 4.69) is 39.6 Å². The van der Waals surface area contributed by atoms with Gasteiger partial charge in [0.05, 0.1) is 32.4 Å². The molecular formula is C26H18Cl2N4OS2. The van der Waals surface area contributed by atoms with Gasteiger partial charge in [-0.1, -0.05) is 65.3 Å². The number of aryl methyl sites for hydroxylation is 1. The molecule has 3 aromatic heterocycles. The van der Waals surface area contributed by atoms with Crippen molar-refractivity contribution in [2.75, 3.05) is 11.1 Å². The van der Waals surface area contributed by atoms with Crippen LogP contribution in [-0.2, 0) is 17.6 Å². The summed E-state index contributed by atoms with van der Waals surface area (Å²) in [5, 5.41) is 5.68. The molecule has 0 radical (unpaired) electrons. The van der Waals surface area contributed by atoms with E-state index in [0.29, 0.717) is 15.7 Å². The van der Waals surface area contributed by atoms with Gasteiger partial charge in [0.2, 0.25) is 5.91 Å². The minimum absolute atomic E-state index is 0.169.